The van der Waals surface area contributed by atoms with Gasteiger partial charge in [-0.1, -0.05) is 11.6 Å². The minimum atomic E-state index is -0.207. The van der Waals surface area contributed by atoms with Crippen molar-refractivity contribution in [1.82, 2.24) is 4.98 Å². The first-order chi connectivity index (χ1) is 8.56. The van der Waals surface area contributed by atoms with Gasteiger partial charge in [-0.05, 0) is 42.8 Å². The molecule has 2 aromatic rings. The monoisotopic (exact) mass is 261 g/mol. The first-order valence-corrected chi connectivity index (χ1v) is 5.73. The average molecular weight is 262 g/mol. The molecule has 92 valence electrons. The van der Waals surface area contributed by atoms with Crippen molar-refractivity contribution >= 4 is 29.0 Å². The highest BCUT2D eigenvalue weighted by molar-refractivity contribution is 6.31. The van der Waals surface area contributed by atoms with Gasteiger partial charge in [0.1, 0.15) is 5.82 Å². The van der Waals surface area contributed by atoms with Gasteiger partial charge in [0.05, 0.1) is 11.9 Å². The summed E-state index contributed by atoms with van der Waals surface area (Å²) in [7, 11) is 0. The number of amides is 1. The van der Waals surface area contributed by atoms with E-state index in [2.05, 4.69) is 10.3 Å². The lowest BCUT2D eigenvalue weighted by molar-refractivity contribution is 0.102. The van der Waals surface area contributed by atoms with E-state index < -0.39 is 0 Å². The molecule has 1 aromatic heterocycles. The highest BCUT2D eigenvalue weighted by Crippen LogP contribution is 2.17. The third kappa shape index (κ3) is 2.78. The lowest BCUT2D eigenvalue weighted by atomic mass is 10.1. The molecule has 3 N–H and O–H groups in total. The summed E-state index contributed by atoms with van der Waals surface area (Å²) in [6.07, 6.45) is 1.51. The molecule has 1 heterocycles. The molecule has 0 saturated heterocycles. The Hall–Kier alpha value is -2.07. The van der Waals surface area contributed by atoms with Crippen molar-refractivity contribution in [2.45, 2.75) is 6.92 Å². The lowest BCUT2D eigenvalue weighted by Gasteiger charge is -2.06. The number of rotatable bonds is 2. The maximum Gasteiger partial charge on any atom is 0.255 e. The zero-order valence-electron chi connectivity index (χ0n) is 9.77. The van der Waals surface area contributed by atoms with Gasteiger partial charge in [-0.3, -0.25) is 4.79 Å². The van der Waals surface area contributed by atoms with Gasteiger partial charge in [0.2, 0.25) is 0 Å². The average Bonchev–Trinajstić information content (AvgIpc) is 2.35. The minimum Gasteiger partial charge on any atom is -0.384 e. The summed E-state index contributed by atoms with van der Waals surface area (Å²) in [4.78, 5) is 15.8. The Morgan fingerprint density at radius 3 is 2.72 bits per heavy atom. The summed E-state index contributed by atoms with van der Waals surface area (Å²) in [6, 6.07) is 8.44. The molecule has 0 aliphatic carbocycles. The van der Waals surface area contributed by atoms with E-state index in [1.807, 2.05) is 6.92 Å². The van der Waals surface area contributed by atoms with Crippen LogP contribution in [-0.2, 0) is 0 Å². The quantitative estimate of drug-likeness (QED) is 0.873. The van der Waals surface area contributed by atoms with Crippen LogP contribution in [0.2, 0.25) is 5.02 Å². The van der Waals surface area contributed by atoms with Crippen molar-refractivity contribution in [2.24, 2.45) is 0 Å². The topological polar surface area (TPSA) is 68.0 Å². The van der Waals surface area contributed by atoms with E-state index in [0.717, 1.165) is 5.56 Å². The molecule has 0 saturated carbocycles. The smallest absolute Gasteiger partial charge is 0.255 e. The van der Waals surface area contributed by atoms with Crippen LogP contribution in [0.25, 0.3) is 0 Å². The molecule has 0 fully saturated rings. The Kier molecular flexibility index (Phi) is 3.48. The molecular weight excluding hydrogens is 250 g/mol. The largest absolute Gasteiger partial charge is 0.384 e. The van der Waals surface area contributed by atoms with Crippen molar-refractivity contribution in [3.63, 3.8) is 0 Å². The number of aryl methyl sites for hydroxylation is 1. The first-order valence-electron chi connectivity index (χ1n) is 5.35. The molecule has 0 unspecified atom stereocenters. The van der Waals surface area contributed by atoms with Crippen LogP contribution in [0.15, 0.2) is 36.5 Å². The molecular formula is C13H12ClN3O. The maximum atomic E-state index is 11.9. The molecule has 5 heteroatoms. The van der Waals surface area contributed by atoms with Gasteiger partial charge < -0.3 is 11.1 Å². The summed E-state index contributed by atoms with van der Waals surface area (Å²) >= 11 is 5.91. The number of halogens is 1. The highest BCUT2D eigenvalue weighted by atomic mass is 35.5. The van der Waals surface area contributed by atoms with E-state index in [-0.39, 0.29) is 5.91 Å². The molecule has 0 bridgehead atoms. The third-order valence-electron chi connectivity index (χ3n) is 2.46. The molecule has 0 radical (unpaired) electrons. The molecule has 0 aliphatic heterocycles. The van der Waals surface area contributed by atoms with Crippen molar-refractivity contribution in [3.8, 4) is 0 Å². The van der Waals surface area contributed by atoms with Crippen molar-refractivity contribution < 1.29 is 4.79 Å². The van der Waals surface area contributed by atoms with Crippen LogP contribution in [0.5, 0.6) is 0 Å². The van der Waals surface area contributed by atoms with Gasteiger partial charge in [0.25, 0.3) is 5.91 Å². The first kappa shape index (κ1) is 12.4. The standard InChI is InChI=1S/C13H12ClN3O/c1-8-6-9(2-4-11(8)14)13(18)17-10-3-5-12(15)16-7-10/h2-7H,1H3,(H2,15,16)(H,17,18). The van der Waals surface area contributed by atoms with Crippen LogP contribution in [0.3, 0.4) is 0 Å². The van der Waals surface area contributed by atoms with E-state index in [1.165, 1.54) is 6.20 Å². The van der Waals surface area contributed by atoms with E-state index >= 15 is 0 Å². The number of hydrogen-bond acceptors (Lipinski definition) is 3. The van der Waals surface area contributed by atoms with Crippen molar-refractivity contribution in [1.29, 1.82) is 0 Å². The molecule has 4 nitrogen and oxygen atoms in total. The number of nitrogen functional groups attached to an aromatic ring is 1. The van der Waals surface area contributed by atoms with Crippen LogP contribution >= 0.6 is 11.6 Å². The Balaban J connectivity index is 2.16. The van der Waals surface area contributed by atoms with Gasteiger partial charge in [0, 0.05) is 10.6 Å². The fourth-order valence-electron chi connectivity index (χ4n) is 1.47. The van der Waals surface area contributed by atoms with Crippen LogP contribution in [0.4, 0.5) is 11.5 Å². The van der Waals surface area contributed by atoms with Crippen LogP contribution < -0.4 is 11.1 Å². The number of pyridine rings is 1. The number of aromatic nitrogens is 1. The fraction of sp³-hybridized carbons (Fsp3) is 0.0769. The third-order valence-corrected chi connectivity index (χ3v) is 2.89. The summed E-state index contributed by atoms with van der Waals surface area (Å²) in [5.41, 5.74) is 7.48. The Morgan fingerprint density at radius 1 is 1.33 bits per heavy atom. The summed E-state index contributed by atoms with van der Waals surface area (Å²) in [5.74, 6) is 0.205. The summed E-state index contributed by atoms with van der Waals surface area (Å²) in [5, 5.41) is 3.37. The molecule has 0 spiro atoms. The molecule has 18 heavy (non-hydrogen) atoms. The van der Waals surface area contributed by atoms with Gasteiger partial charge in [0.15, 0.2) is 0 Å². The van der Waals surface area contributed by atoms with Gasteiger partial charge in [-0.2, -0.15) is 0 Å². The number of anilines is 2. The van der Waals surface area contributed by atoms with E-state index in [4.69, 9.17) is 17.3 Å². The Bertz CT molecular complexity index is 581. The Labute approximate surface area is 110 Å². The number of benzene rings is 1. The van der Waals surface area contributed by atoms with Gasteiger partial charge in [-0.15, -0.1) is 0 Å². The van der Waals surface area contributed by atoms with Gasteiger partial charge in [-0.25, -0.2) is 4.98 Å². The second-order valence-electron chi connectivity index (χ2n) is 3.89. The number of nitrogens with one attached hydrogen (secondary N) is 1. The normalized spacial score (nSPS) is 10.1. The van der Waals surface area contributed by atoms with E-state index in [0.29, 0.717) is 22.1 Å². The van der Waals surface area contributed by atoms with Crippen LogP contribution in [0.1, 0.15) is 15.9 Å². The van der Waals surface area contributed by atoms with Crippen LogP contribution in [-0.4, -0.2) is 10.9 Å². The fourth-order valence-corrected chi connectivity index (χ4v) is 1.59. The molecule has 0 aliphatic rings. The van der Waals surface area contributed by atoms with E-state index in [9.17, 15) is 4.79 Å². The maximum absolute atomic E-state index is 11.9. The number of hydrogen-bond donors (Lipinski definition) is 2. The second kappa shape index (κ2) is 5.06. The number of nitrogens with zero attached hydrogens (tertiary/aromatic N) is 1. The number of carbonyl (C=O) groups is 1. The van der Waals surface area contributed by atoms with E-state index in [1.54, 1.807) is 30.3 Å². The molecule has 1 amide bonds. The van der Waals surface area contributed by atoms with Crippen molar-refractivity contribution in [3.05, 3.63) is 52.7 Å². The highest BCUT2D eigenvalue weighted by Gasteiger charge is 2.07. The number of nitrogens with two attached hydrogens (primary N) is 1. The minimum absolute atomic E-state index is 0.207. The predicted octanol–water partition coefficient (Wildman–Crippen LogP) is 2.88. The summed E-state index contributed by atoms with van der Waals surface area (Å²) < 4.78 is 0. The lowest BCUT2D eigenvalue weighted by Crippen LogP contribution is -2.12. The SMILES string of the molecule is Cc1cc(C(=O)Nc2ccc(N)nc2)ccc1Cl. The molecule has 0 atom stereocenters. The zero-order valence-corrected chi connectivity index (χ0v) is 10.5. The molecule has 2 rings (SSSR count). The number of carbonyl (C=O) groups excluding carboxylic acids is 1. The van der Waals surface area contributed by atoms with Crippen LogP contribution in [0, 0.1) is 6.92 Å². The Morgan fingerprint density at radius 2 is 2.11 bits per heavy atom. The van der Waals surface area contributed by atoms with Crippen molar-refractivity contribution in [2.75, 3.05) is 11.1 Å². The molecule has 1 aromatic carbocycles. The van der Waals surface area contributed by atoms with Gasteiger partial charge >= 0.3 is 0 Å². The summed E-state index contributed by atoms with van der Waals surface area (Å²) in [6.45, 7) is 1.85. The zero-order chi connectivity index (χ0) is 13.1. The predicted molar refractivity (Wildman–Crippen MR) is 72.8 cm³/mol. The second-order valence-corrected chi connectivity index (χ2v) is 4.30.